The number of nitrogens with one attached hydrogen (secondary N) is 2. The summed E-state index contributed by atoms with van der Waals surface area (Å²) in [6.45, 7) is 8.25. The molecular formula is C20H25N3O3S2. The van der Waals surface area contributed by atoms with E-state index in [9.17, 15) is 9.59 Å². The van der Waals surface area contributed by atoms with E-state index >= 15 is 0 Å². The van der Waals surface area contributed by atoms with E-state index in [1.807, 2.05) is 19.9 Å². The molecule has 0 aliphatic heterocycles. The van der Waals surface area contributed by atoms with Gasteiger partial charge in [0.05, 0.1) is 23.4 Å². The standard InChI is InChI=1S/C20H25N3O3S2/c1-5-11(2)9-14-13(4)28-19-17(14)18(25)22-20(23-19)27-10-16(24)21-12(3)15-7-6-8-26-15/h6-8,11-12H,5,9-10H2,1-4H3,(H,21,24)(H,22,23,25)/t11-,12-/m1/s1. The summed E-state index contributed by atoms with van der Waals surface area (Å²) in [5.74, 6) is 1.25. The van der Waals surface area contributed by atoms with Crippen LogP contribution in [0.5, 0.6) is 0 Å². The SMILES string of the molecule is CC[C@@H](C)Cc1c(C)sc2nc(SCC(=O)N[C@H](C)c3ccco3)[nH]c(=O)c12. The van der Waals surface area contributed by atoms with Crippen molar-refractivity contribution in [2.45, 2.75) is 51.7 Å². The summed E-state index contributed by atoms with van der Waals surface area (Å²) in [5, 5.41) is 4.04. The summed E-state index contributed by atoms with van der Waals surface area (Å²) < 4.78 is 5.29. The number of furan rings is 1. The van der Waals surface area contributed by atoms with Crippen molar-refractivity contribution in [3.05, 3.63) is 45.0 Å². The molecule has 0 aliphatic rings. The van der Waals surface area contributed by atoms with E-state index in [0.717, 1.165) is 28.1 Å². The third-order valence-corrected chi connectivity index (χ3v) is 6.69. The number of aromatic nitrogens is 2. The third-order valence-electron chi connectivity index (χ3n) is 4.78. The van der Waals surface area contributed by atoms with Crippen molar-refractivity contribution < 1.29 is 9.21 Å². The minimum Gasteiger partial charge on any atom is -0.467 e. The molecule has 28 heavy (non-hydrogen) atoms. The number of thiophene rings is 1. The zero-order valence-corrected chi connectivity index (χ0v) is 18.1. The second kappa shape index (κ2) is 8.96. The normalized spacial score (nSPS) is 13.6. The number of hydrogen-bond donors (Lipinski definition) is 2. The summed E-state index contributed by atoms with van der Waals surface area (Å²) >= 11 is 2.77. The van der Waals surface area contributed by atoms with Gasteiger partial charge in [-0.3, -0.25) is 9.59 Å². The third kappa shape index (κ3) is 4.67. The number of H-pyrrole nitrogens is 1. The van der Waals surface area contributed by atoms with Crippen LogP contribution in [0, 0.1) is 12.8 Å². The summed E-state index contributed by atoms with van der Waals surface area (Å²) in [7, 11) is 0. The zero-order chi connectivity index (χ0) is 20.3. The maximum Gasteiger partial charge on any atom is 0.260 e. The predicted molar refractivity (Wildman–Crippen MR) is 114 cm³/mol. The number of nitrogens with zero attached hydrogens (tertiary/aromatic N) is 1. The van der Waals surface area contributed by atoms with Crippen LogP contribution in [0.2, 0.25) is 0 Å². The fourth-order valence-corrected chi connectivity index (χ4v) is 4.77. The molecule has 2 atom stereocenters. The van der Waals surface area contributed by atoms with Crippen molar-refractivity contribution in [3.63, 3.8) is 0 Å². The Morgan fingerprint density at radius 1 is 1.43 bits per heavy atom. The van der Waals surface area contributed by atoms with Gasteiger partial charge in [0.2, 0.25) is 5.91 Å². The Hall–Kier alpha value is -2.06. The van der Waals surface area contributed by atoms with Crippen LogP contribution in [0.3, 0.4) is 0 Å². The van der Waals surface area contributed by atoms with Gasteiger partial charge in [0.15, 0.2) is 5.16 Å². The van der Waals surface area contributed by atoms with Gasteiger partial charge in [0, 0.05) is 4.88 Å². The topological polar surface area (TPSA) is 88.0 Å². The molecule has 3 aromatic rings. The van der Waals surface area contributed by atoms with Crippen molar-refractivity contribution in [1.29, 1.82) is 0 Å². The van der Waals surface area contributed by atoms with Gasteiger partial charge in [-0.25, -0.2) is 4.98 Å². The van der Waals surface area contributed by atoms with Crippen LogP contribution in [-0.2, 0) is 11.2 Å². The number of aryl methyl sites for hydroxylation is 1. The van der Waals surface area contributed by atoms with Gasteiger partial charge in [-0.15, -0.1) is 11.3 Å². The van der Waals surface area contributed by atoms with Crippen molar-refractivity contribution >= 4 is 39.2 Å². The highest BCUT2D eigenvalue weighted by Crippen LogP contribution is 2.30. The van der Waals surface area contributed by atoms with Crippen molar-refractivity contribution in [2.24, 2.45) is 5.92 Å². The highest BCUT2D eigenvalue weighted by molar-refractivity contribution is 7.99. The van der Waals surface area contributed by atoms with Crippen molar-refractivity contribution in [2.75, 3.05) is 5.75 Å². The number of carbonyl (C=O) groups is 1. The van der Waals surface area contributed by atoms with Gasteiger partial charge in [0.25, 0.3) is 5.56 Å². The first-order chi connectivity index (χ1) is 13.4. The van der Waals surface area contributed by atoms with Crippen LogP contribution in [0.4, 0.5) is 0 Å². The van der Waals surface area contributed by atoms with Crippen molar-refractivity contribution in [1.82, 2.24) is 15.3 Å². The van der Waals surface area contributed by atoms with Crippen LogP contribution in [0.15, 0.2) is 32.8 Å². The lowest BCUT2D eigenvalue weighted by molar-refractivity contribution is -0.119. The van der Waals surface area contributed by atoms with Gasteiger partial charge in [-0.2, -0.15) is 0 Å². The highest BCUT2D eigenvalue weighted by Gasteiger charge is 2.18. The van der Waals surface area contributed by atoms with Crippen LogP contribution < -0.4 is 10.9 Å². The van der Waals surface area contributed by atoms with Crippen LogP contribution >= 0.6 is 23.1 Å². The molecule has 0 fully saturated rings. The maximum absolute atomic E-state index is 12.7. The first-order valence-corrected chi connectivity index (χ1v) is 11.2. The van der Waals surface area contributed by atoms with Gasteiger partial charge in [0.1, 0.15) is 10.6 Å². The Morgan fingerprint density at radius 2 is 2.21 bits per heavy atom. The Labute approximate surface area is 172 Å². The Balaban J connectivity index is 1.70. The molecule has 0 aliphatic carbocycles. The minimum atomic E-state index is -0.208. The highest BCUT2D eigenvalue weighted by atomic mass is 32.2. The largest absolute Gasteiger partial charge is 0.467 e. The van der Waals surface area contributed by atoms with Crippen LogP contribution in [-0.4, -0.2) is 21.6 Å². The second-order valence-electron chi connectivity index (χ2n) is 7.00. The molecule has 6 nitrogen and oxygen atoms in total. The smallest absolute Gasteiger partial charge is 0.260 e. The number of amides is 1. The molecule has 150 valence electrons. The predicted octanol–water partition coefficient (Wildman–Crippen LogP) is 4.44. The van der Waals surface area contributed by atoms with E-state index in [1.165, 1.54) is 11.8 Å². The number of hydrogen-bond acceptors (Lipinski definition) is 6. The quantitative estimate of drug-likeness (QED) is 0.416. The monoisotopic (exact) mass is 419 g/mol. The van der Waals surface area contributed by atoms with E-state index in [1.54, 1.807) is 23.7 Å². The van der Waals surface area contributed by atoms with Gasteiger partial charge < -0.3 is 14.7 Å². The van der Waals surface area contributed by atoms with Crippen LogP contribution in [0.1, 0.15) is 49.4 Å². The first kappa shape index (κ1) is 20.7. The molecule has 3 rings (SSSR count). The molecular weight excluding hydrogens is 394 g/mol. The van der Waals surface area contributed by atoms with E-state index in [2.05, 4.69) is 29.1 Å². The van der Waals surface area contributed by atoms with Crippen LogP contribution in [0.25, 0.3) is 10.2 Å². The molecule has 0 saturated carbocycles. The molecule has 2 N–H and O–H groups in total. The average Bonchev–Trinajstić information content (AvgIpc) is 3.29. The van der Waals surface area contributed by atoms with Gasteiger partial charge in [-0.05, 0) is 43.9 Å². The molecule has 3 aromatic heterocycles. The lowest BCUT2D eigenvalue weighted by atomic mass is 9.98. The number of fused-ring (bicyclic) bond motifs is 1. The van der Waals surface area contributed by atoms with E-state index in [4.69, 9.17) is 4.42 Å². The number of rotatable bonds is 8. The molecule has 0 bridgehead atoms. The second-order valence-corrected chi connectivity index (χ2v) is 9.17. The Bertz CT molecular complexity index is 1010. The maximum atomic E-state index is 12.7. The van der Waals surface area contributed by atoms with E-state index in [0.29, 0.717) is 22.2 Å². The molecule has 0 unspecified atom stereocenters. The summed E-state index contributed by atoms with van der Waals surface area (Å²) in [4.78, 5) is 34.2. The molecule has 0 aromatic carbocycles. The summed E-state index contributed by atoms with van der Waals surface area (Å²) in [6.07, 6.45) is 3.53. The number of thioether (sulfide) groups is 1. The van der Waals surface area contributed by atoms with E-state index < -0.39 is 0 Å². The zero-order valence-electron chi connectivity index (χ0n) is 16.5. The Kier molecular flexibility index (Phi) is 6.61. The fraction of sp³-hybridized carbons (Fsp3) is 0.450. The fourth-order valence-electron chi connectivity index (χ4n) is 2.99. The first-order valence-electron chi connectivity index (χ1n) is 9.36. The molecule has 0 radical (unpaired) electrons. The molecule has 8 heteroatoms. The molecule has 0 spiro atoms. The summed E-state index contributed by atoms with van der Waals surface area (Å²) in [6, 6.07) is 3.40. The van der Waals surface area contributed by atoms with Crippen molar-refractivity contribution in [3.8, 4) is 0 Å². The minimum absolute atomic E-state index is 0.125. The average molecular weight is 420 g/mol. The number of aromatic amines is 1. The van der Waals surface area contributed by atoms with Gasteiger partial charge in [-0.1, -0.05) is 32.0 Å². The van der Waals surface area contributed by atoms with Gasteiger partial charge >= 0.3 is 0 Å². The molecule has 0 saturated heterocycles. The summed E-state index contributed by atoms with van der Waals surface area (Å²) in [5.41, 5.74) is 0.976. The lowest BCUT2D eigenvalue weighted by Crippen LogP contribution is -2.28. The molecule has 3 heterocycles. The number of carbonyl (C=O) groups excluding carboxylic acids is 1. The van der Waals surface area contributed by atoms with E-state index in [-0.39, 0.29) is 23.3 Å². The molecule has 1 amide bonds. The Morgan fingerprint density at radius 3 is 2.89 bits per heavy atom. The lowest BCUT2D eigenvalue weighted by Gasteiger charge is -2.11.